The molecule has 1 aliphatic heterocycles. The van der Waals surface area contributed by atoms with Crippen LogP contribution in [-0.2, 0) is 10.2 Å². The van der Waals surface area contributed by atoms with Crippen molar-refractivity contribution < 1.29 is 4.74 Å². The lowest BCUT2D eigenvalue weighted by molar-refractivity contribution is 0.348. The summed E-state index contributed by atoms with van der Waals surface area (Å²) in [5, 5.41) is 0. The highest BCUT2D eigenvalue weighted by atomic mass is 16.5. The van der Waals surface area contributed by atoms with Crippen LogP contribution in [0.4, 0.5) is 0 Å². The van der Waals surface area contributed by atoms with E-state index in [9.17, 15) is 0 Å². The van der Waals surface area contributed by atoms with Crippen molar-refractivity contribution in [1.29, 1.82) is 0 Å². The first-order chi connectivity index (χ1) is 7.07. The van der Waals surface area contributed by atoms with Gasteiger partial charge in [-0.1, -0.05) is 32.9 Å². The normalized spacial score (nSPS) is 16.1. The van der Waals surface area contributed by atoms with E-state index in [0.29, 0.717) is 0 Å². The van der Waals surface area contributed by atoms with E-state index < -0.39 is 0 Å². The summed E-state index contributed by atoms with van der Waals surface area (Å²) in [6, 6.07) is 8.48. The Hall–Kier alpha value is -1.31. The largest absolute Gasteiger partial charge is 0.476 e. The lowest BCUT2D eigenvalue weighted by atomic mass is 9.87. The van der Waals surface area contributed by atoms with Crippen LogP contribution in [0.3, 0.4) is 0 Å². The Labute approximate surface area is 91.0 Å². The standard InChI is InChI=1S/C13H17NO/c1-13(2,3)11-6-4-10(5-7-11)12-14-8-9-15-12/h4-7H,8-9H2,1-3H3. The van der Waals surface area contributed by atoms with Gasteiger partial charge in [-0.2, -0.15) is 0 Å². The van der Waals surface area contributed by atoms with Crippen LogP contribution in [0.15, 0.2) is 29.3 Å². The van der Waals surface area contributed by atoms with Gasteiger partial charge >= 0.3 is 0 Å². The van der Waals surface area contributed by atoms with Crippen LogP contribution in [0.2, 0.25) is 0 Å². The summed E-state index contributed by atoms with van der Waals surface area (Å²) >= 11 is 0. The highest BCUT2D eigenvalue weighted by molar-refractivity contribution is 5.94. The van der Waals surface area contributed by atoms with Crippen molar-refractivity contribution in [3.63, 3.8) is 0 Å². The van der Waals surface area contributed by atoms with E-state index >= 15 is 0 Å². The van der Waals surface area contributed by atoms with Crippen LogP contribution in [0.1, 0.15) is 31.9 Å². The van der Waals surface area contributed by atoms with Crippen LogP contribution >= 0.6 is 0 Å². The molecule has 0 amide bonds. The van der Waals surface area contributed by atoms with Crippen LogP contribution in [0.25, 0.3) is 0 Å². The van der Waals surface area contributed by atoms with Crippen molar-refractivity contribution >= 4 is 5.90 Å². The number of benzene rings is 1. The van der Waals surface area contributed by atoms with Crippen LogP contribution in [0.5, 0.6) is 0 Å². The summed E-state index contributed by atoms with van der Waals surface area (Å²) in [4.78, 5) is 4.29. The quantitative estimate of drug-likeness (QED) is 0.687. The average Bonchev–Trinajstić information content (AvgIpc) is 2.69. The van der Waals surface area contributed by atoms with Gasteiger partial charge in [0.2, 0.25) is 5.90 Å². The van der Waals surface area contributed by atoms with Gasteiger partial charge < -0.3 is 4.74 Å². The van der Waals surface area contributed by atoms with Gasteiger partial charge in [-0.15, -0.1) is 0 Å². The topological polar surface area (TPSA) is 21.6 Å². The minimum atomic E-state index is 0.205. The summed E-state index contributed by atoms with van der Waals surface area (Å²) in [5.41, 5.74) is 2.63. The Bertz CT molecular complexity index is 371. The molecule has 0 bridgehead atoms. The van der Waals surface area contributed by atoms with Gasteiger partial charge in [0.1, 0.15) is 6.61 Å². The monoisotopic (exact) mass is 203 g/mol. The maximum atomic E-state index is 5.41. The molecule has 0 saturated carbocycles. The number of nitrogens with zero attached hydrogens (tertiary/aromatic N) is 1. The molecule has 0 atom stereocenters. The Morgan fingerprint density at radius 2 is 1.80 bits per heavy atom. The average molecular weight is 203 g/mol. The van der Waals surface area contributed by atoms with Gasteiger partial charge in [0.05, 0.1) is 6.54 Å². The van der Waals surface area contributed by atoms with E-state index in [4.69, 9.17) is 4.74 Å². The second kappa shape index (κ2) is 3.69. The second-order valence-electron chi connectivity index (χ2n) is 4.86. The third-order valence-electron chi connectivity index (χ3n) is 2.58. The zero-order chi connectivity index (χ0) is 10.9. The lowest BCUT2D eigenvalue weighted by Crippen LogP contribution is -2.11. The summed E-state index contributed by atoms with van der Waals surface area (Å²) in [6.45, 7) is 8.15. The molecule has 2 nitrogen and oxygen atoms in total. The maximum Gasteiger partial charge on any atom is 0.216 e. The molecule has 0 fully saturated rings. The smallest absolute Gasteiger partial charge is 0.216 e. The number of ether oxygens (including phenoxy) is 1. The first-order valence-electron chi connectivity index (χ1n) is 5.35. The van der Waals surface area contributed by atoms with Crippen LogP contribution in [-0.4, -0.2) is 19.0 Å². The second-order valence-corrected chi connectivity index (χ2v) is 4.86. The molecule has 1 aromatic carbocycles. The molecule has 0 N–H and O–H groups in total. The van der Waals surface area contributed by atoms with E-state index in [2.05, 4.69) is 50.0 Å². The molecule has 1 aliphatic rings. The molecule has 0 saturated heterocycles. The summed E-state index contributed by atoms with van der Waals surface area (Å²) in [7, 11) is 0. The summed E-state index contributed by atoms with van der Waals surface area (Å²) in [6.07, 6.45) is 0. The molecule has 1 aromatic rings. The van der Waals surface area contributed by atoms with E-state index in [0.717, 1.165) is 24.6 Å². The van der Waals surface area contributed by atoms with Gasteiger partial charge in [-0.3, -0.25) is 0 Å². The van der Waals surface area contributed by atoms with Crippen molar-refractivity contribution in [3.8, 4) is 0 Å². The SMILES string of the molecule is CC(C)(C)c1ccc(C2=NCCO2)cc1. The summed E-state index contributed by atoms with van der Waals surface area (Å²) in [5.74, 6) is 0.787. The van der Waals surface area contributed by atoms with Crippen molar-refractivity contribution in [2.45, 2.75) is 26.2 Å². The fourth-order valence-electron chi connectivity index (χ4n) is 1.62. The first kappa shape index (κ1) is 10.2. The molecule has 0 unspecified atom stereocenters. The third-order valence-corrected chi connectivity index (χ3v) is 2.58. The van der Waals surface area contributed by atoms with Crippen molar-refractivity contribution in [2.24, 2.45) is 4.99 Å². The highest BCUT2D eigenvalue weighted by Crippen LogP contribution is 2.22. The summed E-state index contributed by atoms with van der Waals surface area (Å²) < 4.78 is 5.41. The van der Waals surface area contributed by atoms with E-state index in [1.807, 2.05) is 0 Å². The number of rotatable bonds is 1. The fraction of sp³-hybridized carbons (Fsp3) is 0.462. The minimum absolute atomic E-state index is 0.205. The highest BCUT2D eigenvalue weighted by Gasteiger charge is 2.15. The Balaban J connectivity index is 2.24. The molecule has 0 spiro atoms. The molecule has 15 heavy (non-hydrogen) atoms. The molecular formula is C13H17NO. The van der Waals surface area contributed by atoms with Crippen molar-refractivity contribution in [2.75, 3.05) is 13.2 Å². The van der Waals surface area contributed by atoms with Crippen LogP contribution in [0, 0.1) is 0 Å². The molecule has 1 heterocycles. The number of hydrogen-bond acceptors (Lipinski definition) is 2. The molecule has 0 aliphatic carbocycles. The fourth-order valence-corrected chi connectivity index (χ4v) is 1.62. The molecule has 80 valence electrons. The molecular weight excluding hydrogens is 186 g/mol. The van der Waals surface area contributed by atoms with Gasteiger partial charge in [0.25, 0.3) is 0 Å². The first-order valence-corrected chi connectivity index (χ1v) is 5.35. The van der Waals surface area contributed by atoms with Crippen molar-refractivity contribution in [3.05, 3.63) is 35.4 Å². The maximum absolute atomic E-state index is 5.41. The number of hydrogen-bond donors (Lipinski definition) is 0. The molecule has 2 rings (SSSR count). The van der Waals surface area contributed by atoms with Crippen molar-refractivity contribution in [1.82, 2.24) is 0 Å². The molecule has 0 radical (unpaired) electrons. The van der Waals surface area contributed by atoms with Gasteiger partial charge in [-0.25, -0.2) is 4.99 Å². The van der Waals surface area contributed by atoms with Gasteiger partial charge in [-0.05, 0) is 23.1 Å². The van der Waals surface area contributed by atoms with E-state index in [-0.39, 0.29) is 5.41 Å². The molecule has 2 heteroatoms. The number of aliphatic imine (C=N–C) groups is 1. The van der Waals surface area contributed by atoms with E-state index in [1.54, 1.807) is 0 Å². The Kier molecular flexibility index (Phi) is 2.51. The molecule has 0 aromatic heterocycles. The van der Waals surface area contributed by atoms with E-state index in [1.165, 1.54) is 5.56 Å². The Morgan fingerprint density at radius 3 is 2.27 bits per heavy atom. The predicted molar refractivity (Wildman–Crippen MR) is 62.5 cm³/mol. The zero-order valence-electron chi connectivity index (χ0n) is 9.58. The Morgan fingerprint density at radius 1 is 1.13 bits per heavy atom. The lowest BCUT2D eigenvalue weighted by Gasteiger charge is -2.19. The minimum Gasteiger partial charge on any atom is -0.476 e. The van der Waals surface area contributed by atoms with Gasteiger partial charge in [0.15, 0.2) is 0 Å². The van der Waals surface area contributed by atoms with Crippen LogP contribution < -0.4 is 0 Å². The van der Waals surface area contributed by atoms with Gasteiger partial charge in [0, 0.05) is 5.56 Å². The third kappa shape index (κ3) is 2.20. The predicted octanol–water partition coefficient (Wildman–Crippen LogP) is 2.76. The zero-order valence-corrected chi connectivity index (χ0v) is 9.58.